The van der Waals surface area contributed by atoms with Gasteiger partial charge in [0, 0.05) is 31.2 Å². The Labute approximate surface area is 224 Å². The van der Waals surface area contributed by atoms with Crippen LogP contribution in [0.15, 0.2) is 47.4 Å². The van der Waals surface area contributed by atoms with Crippen molar-refractivity contribution in [2.75, 3.05) is 51.4 Å². The molecule has 1 atom stereocenters. The molecule has 10 nitrogen and oxygen atoms in total. The van der Waals surface area contributed by atoms with Gasteiger partial charge in [-0.25, -0.2) is 18.1 Å². The molecule has 2 aliphatic rings. The number of methoxy groups -OCH3 is 1. The van der Waals surface area contributed by atoms with Gasteiger partial charge in [-0.15, -0.1) is 0 Å². The number of nitrogens with zero attached hydrogens (tertiary/aromatic N) is 3. The third kappa shape index (κ3) is 5.82. The predicted molar refractivity (Wildman–Crippen MR) is 136 cm³/mol. The third-order valence-electron chi connectivity index (χ3n) is 6.24. The second-order valence-corrected chi connectivity index (χ2v) is 11.2. The largest absolute Gasteiger partial charge is 0.465 e. The van der Waals surface area contributed by atoms with E-state index in [1.807, 2.05) is 4.90 Å². The second kappa shape index (κ2) is 11.5. The van der Waals surface area contributed by atoms with Gasteiger partial charge in [0.1, 0.15) is 10.9 Å². The highest BCUT2D eigenvalue weighted by Gasteiger charge is 2.47. The first kappa shape index (κ1) is 27.5. The van der Waals surface area contributed by atoms with E-state index in [2.05, 4.69) is 4.74 Å². The highest BCUT2D eigenvalue weighted by molar-refractivity contribution is 7.89. The fourth-order valence-corrected chi connectivity index (χ4v) is 6.60. The molecule has 0 saturated carbocycles. The van der Waals surface area contributed by atoms with Crippen molar-refractivity contribution in [2.24, 2.45) is 0 Å². The minimum atomic E-state index is -4.32. The number of ether oxygens (including phenoxy) is 2. The fourth-order valence-electron chi connectivity index (χ4n) is 4.29. The molecule has 0 aliphatic carbocycles. The Balaban J connectivity index is 1.66. The summed E-state index contributed by atoms with van der Waals surface area (Å²) in [4.78, 5) is 41.0. The van der Waals surface area contributed by atoms with Crippen molar-refractivity contribution in [1.82, 2.24) is 9.21 Å². The molecule has 13 heteroatoms. The molecular formula is C24H25Cl2N3O7S. The lowest BCUT2D eigenvalue weighted by atomic mass is 10.2. The lowest BCUT2D eigenvalue weighted by Gasteiger charge is -2.31. The molecule has 0 radical (unpaired) electrons. The number of benzene rings is 2. The first-order valence-corrected chi connectivity index (χ1v) is 13.6. The van der Waals surface area contributed by atoms with Crippen LogP contribution < -0.4 is 4.90 Å². The summed E-state index contributed by atoms with van der Waals surface area (Å²) in [6.07, 6.45) is -0.349. The Bertz CT molecular complexity index is 1300. The summed E-state index contributed by atoms with van der Waals surface area (Å²) in [5, 5.41) is 0.116. The highest BCUT2D eigenvalue weighted by Crippen LogP contribution is 2.33. The SMILES string of the molecule is COC(=O)c1ccc(N2C(=O)CC(N(CCN3CCOCC3)S(=O)(=O)c3cc(Cl)ccc3Cl)C2=O)cc1. The van der Waals surface area contributed by atoms with Crippen LogP contribution in [0.3, 0.4) is 0 Å². The van der Waals surface area contributed by atoms with Gasteiger partial charge in [-0.05, 0) is 42.5 Å². The third-order valence-corrected chi connectivity index (χ3v) is 8.86. The number of carbonyl (C=O) groups excluding carboxylic acids is 3. The van der Waals surface area contributed by atoms with E-state index in [0.29, 0.717) is 32.8 Å². The smallest absolute Gasteiger partial charge is 0.337 e. The van der Waals surface area contributed by atoms with Crippen molar-refractivity contribution < 1.29 is 32.3 Å². The minimum absolute atomic E-state index is 0.0483. The molecule has 2 fully saturated rings. The molecule has 2 saturated heterocycles. The molecule has 1 unspecified atom stereocenters. The van der Waals surface area contributed by atoms with Gasteiger partial charge < -0.3 is 9.47 Å². The van der Waals surface area contributed by atoms with E-state index in [1.54, 1.807) is 0 Å². The first-order valence-electron chi connectivity index (χ1n) is 11.5. The summed E-state index contributed by atoms with van der Waals surface area (Å²) < 4.78 is 38.7. The minimum Gasteiger partial charge on any atom is -0.465 e. The van der Waals surface area contributed by atoms with Crippen LogP contribution in [-0.4, -0.2) is 88.0 Å². The van der Waals surface area contributed by atoms with Crippen LogP contribution in [0.5, 0.6) is 0 Å². The molecule has 0 N–H and O–H groups in total. The summed E-state index contributed by atoms with van der Waals surface area (Å²) in [5.41, 5.74) is 0.462. The standard InChI is InChI=1S/C24H25Cl2N3O7S/c1-35-24(32)16-2-5-18(6-3-16)29-22(30)15-20(23(29)31)28(9-8-27-10-12-36-13-11-27)37(33,34)21-14-17(25)4-7-19(21)26/h2-7,14,20H,8-13,15H2,1H3. The second-order valence-electron chi connectivity index (χ2n) is 8.47. The topological polar surface area (TPSA) is 114 Å². The average molecular weight is 570 g/mol. The maximum atomic E-state index is 13.8. The van der Waals surface area contributed by atoms with E-state index in [4.69, 9.17) is 27.9 Å². The summed E-state index contributed by atoms with van der Waals surface area (Å²) in [7, 11) is -3.08. The van der Waals surface area contributed by atoms with Gasteiger partial charge in [-0.2, -0.15) is 4.31 Å². The van der Waals surface area contributed by atoms with Crippen LogP contribution >= 0.6 is 23.2 Å². The number of carbonyl (C=O) groups is 3. The maximum Gasteiger partial charge on any atom is 0.337 e. The van der Waals surface area contributed by atoms with Gasteiger partial charge in [-0.1, -0.05) is 23.2 Å². The number of hydrogen-bond donors (Lipinski definition) is 0. The molecule has 4 rings (SSSR count). The number of amides is 2. The molecule has 37 heavy (non-hydrogen) atoms. The molecule has 0 aromatic heterocycles. The number of rotatable bonds is 8. The number of hydrogen-bond acceptors (Lipinski definition) is 8. The quantitative estimate of drug-likeness (QED) is 0.352. The molecule has 198 valence electrons. The van der Waals surface area contributed by atoms with Crippen LogP contribution in [0.25, 0.3) is 0 Å². The van der Waals surface area contributed by atoms with E-state index in [9.17, 15) is 22.8 Å². The molecule has 0 bridgehead atoms. The number of esters is 1. The summed E-state index contributed by atoms with van der Waals surface area (Å²) in [5.74, 6) is -1.83. The predicted octanol–water partition coefficient (Wildman–Crippen LogP) is 2.44. The average Bonchev–Trinajstić information content (AvgIpc) is 3.18. The molecule has 2 aromatic carbocycles. The van der Waals surface area contributed by atoms with Crippen LogP contribution in [0.1, 0.15) is 16.8 Å². The van der Waals surface area contributed by atoms with E-state index < -0.39 is 33.8 Å². The lowest BCUT2D eigenvalue weighted by molar-refractivity contribution is -0.122. The Morgan fingerprint density at radius 3 is 2.43 bits per heavy atom. The van der Waals surface area contributed by atoms with Crippen molar-refractivity contribution in [3.63, 3.8) is 0 Å². The molecule has 2 heterocycles. The Morgan fingerprint density at radius 1 is 1.11 bits per heavy atom. The fraction of sp³-hybridized carbons (Fsp3) is 0.375. The number of sulfonamides is 1. The van der Waals surface area contributed by atoms with Crippen LogP contribution in [0, 0.1) is 0 Å². The summed E-state index contributed by atoms with van der Waals surface area (Å²) in [6.45, 7) is 2.53. The van der Waals surface area contributed by atoms with Gasteiger partial charge in [0.2, 0.25) is 15.9 Å². The number of morpholine rings is 1. The number of imide groups is 1. The van der Waals surface area contributed by atoms with Crippen molar-refractivity contribution in [3.8, 4) is 0 Å². The van der Waals surface area contributed by atoms with E-state index in [0.717, 1.165) is 9.21 Å². The Morgan fingerprint density at radius 2 is 1.78 bits per heavy atom. The van der Waals surface area contributed by atoms with Crippen molar-refractivity contribution in [1.29, 1.82) is 0 Å². The van der Waals surface area contributed by atoms with Crippen LogP contribution in [0.4, 0.5) is 5.69 Å². The van der Waals surface area contributed by atoms with Crippen molar-refractivity contribution in [2.45, 2.75) is 17.4 Å². The van der Waals surface area contributed by atoms with Crippen LogP contribution in [0.2, 0.25) is 10.0 Å². The zero-order chi connectivity index (χ0) is 26.7. The van der Waals surface area contributed by atoms with Gasteiger partial charge >= 0.3 is 5.97 Å². The van der Waals surface area contributed by atoms with E-state index in [1.165, 1.54) is 49.6 Å². The lowest BCUT2D eigenvalue weighted by Crippen LogP contribution is -2.49. The van der Waals surface area contributed by atoms with Gasteiger partial charge in [0.05, 0.1) is 43.0 Å². The molecular weight excluding hydrogens is 545 g/mol. The zero-order valence-electron chi connectivity index (χ0n) is 19.9. The summed E-state index contributed by atoms with van der Waals surface area (Å²) in [6, 6.07) is 8.50. The Hall–Kier alpha value is -2.54. The highest BCUT2D eigenvalue weighted by atomic mass is 35.5. The zero-order valence-corrected chi connectivity index (χ0v) is 22.3. The van der Waals surface area contributed by atoms with E-state index >= 15 is 0 Å². The number of halogens is 2. The van der Waals surface area contributed by atoms with E-state index in [-0.39, 0.29) is 39.2 Å². The van der Waals surface area contributed by atoms with Gasteiger partial charge in [-0.3, -0.25) is 14.5 Å². The first-order chi connectivity index (χ1) is 17.6. The molecule has 2 aliphatic heterocycles. The normalized spacial score (nSPS) is 19.0. The molecule has 2 amide bonds. The van der Waals surface area contributed by atoms with Crippen LogP contribution in [-0.2, 0) is 29.1 Å². The molecule has 0 spiro atoms. The molecule has 2 aromatic rings. The Kier molecular flexibility index (Phi) is 8.52. The number of anilines is 1. The van der Waals surface area contributed by atoms with Crippen molar-refractivity contribution >= 4 is 56.7 Å². The maximum absolute atomic E-state index is 13.8. The monoisotopic (exact) mass is 569 g/mol. The van der Waals surface area contributed by atoms with Gasteiger partial charge in [0.25, 0.3) is 5.91 Å². The van der Waals surface area contributed by atoms with Crippen molar-refractivity contribution in [3.05, 3.63) is 58.1 Å². The van der Waals surface area contributed by atoms with Gasteiger partial charge in [0.15, 0.2) is 0 Å². The summed E-state index contributed by atoms with van der Waals surface area (Å²) >= 11 is 12.3.